The molecule has 0 atom stereocenters. The molecule has 1 aliphatic rings. The number of nitrogens with one attached hydrogen (secondary N) is 2. The van der Waals surface area contributed by atoms with Crippen molar-refractivity contribution in [2.24, 2.45) is 4.99 Å². The van der Waals surface area contributed by atoms with E-state index in [2.05, 4.69) is 27.5 Å². The Morgan fingerprint density at radius 1 is 1.28 bits per heavy atom. The van der Waals surface area contributed by atoms with Crippen molar-refractivity contribution in [1.29, 1.82) is 0 Å². The molecule has 0 saturated heterocycles. The van der Waals surface area contributed by atoms with Crippen LogP contribution in [0.4, 0.5) is 0 Å². The lowest BCUT2D eigenvalue weighted by molar-refractivity contribution is 0.174. The fraction of sp³-hybridized carbons (Fsp3) is 0.412. The Hall–Kier alpha value is -1.55. The van der Waals surface area contributed by atoms with Crippen molar-refractivity contribution in [2.75, 3.05) is 20.4 Å². The van der Waals surface area contributed by atoms with Crippen LogP contribution in [0.15, 0.2) is 29.4 Å². The first kappa shape index (κ1) is 19.8. The molecule has 3 rings (SSSR count). The molecule has 2 aromatic rings. The molecule has 25 heavy (non-hydrogen) atoms. The molecule has 0 aliphatic carbocycles. The van der Waals surface area contributed by atoms with Gasteiger partial charge in [-0.2, -0.15) is 0 Å². The second kappa shape index (κ2) is 9.81. The molecule has 6 nitrogen and oxygen atoms in total. The van der Waals surface area contributed by atoms with Crippen LogP contribution in [0.2, 0.25) is 0 Å². The Bertz CT molecular complexity index is 720. The normalized spacial score (nSPS) is 12.6. The van der Waals surface area contributed by atoms with E-state index < -0.39 is 0 Å². The molecule has 0 spiro atoms. The number of thiazole rings is 1. The van der Waals surface area contributed by atoms with Crippen LogP contribution in [0.3, 0.4) is 0 Å². The van der Waals surface area contributed by atoms with E-state index in [0.717, 1.165) is 47.4 Å². The maximum absolute atomic E-state index is 5.40. The number of hydrogen-bond donors (Lipinski definition) is 2. The Morgan fingerprint density at radius 2 is 2.12 bits per heavy atom. The second-order valence-electron chi connectivity index (χ2n) is 5.36. The van der Waals surface area contributed by atoms with Crippen LogP contribution < -0.4 is 20.1 Å². The summed E-state index contributed by atoms with van der Waals surface area (Å²) in [4.78, 5) is 10.0. The lowest BCUT2D eigenvalue weighted by atomic mass is 10.2. The van der Waals surface area contributed by atoms with Gasteiger partial charge in [-0.3, -0.25) is 4.99 Å². The molecule has 8 heteroatoms. The first-order valence-electron chi connectivity index (χ1n) is 8.05. The number of guanidine groups is 1. The molecule has 1 aromatic heterocycles. The Morgan fingerprint density at radius 3 is 2.88 bits per heavy atom. The van der Waals surface area contributed by atoms with Gasteiger partial charge in [0.25, 0.3) is 0 Å². The maximum atomic E-state index is 5.40. The summed E-state index contributed by atoms with van der Waals surface area (Å²) in [7, 11) is 1.77. The fourth-order valence-corrected chi connectivity index (χ4v) is 3.23. The number of hydrogen-bond acceptors (Lipinski definition) is 5. The van der Waals surface area contributed by atoms with Crippen LogP contribution in [0.25, 0.3) is 0 Å². The molecule has 0 unspecified atom stereocenters. The van der Waals surface area contributed by atoms with Gasteiger partial charge in [0.15, 0.2) is 17.5 Å². The van der Waals surface area contributed by atoms with E-state index in [9.17, 15) is 0 Å². The standard InChI is InChI=1S/C17H22N4O2S.HI/c1-3-13-10-20-16(24-13)6-7-19-17(18-2)21-9-12-4-5-14-15(8-12)23-11-22-14;/h4-5,8,10H,3,6-7,9,11H2,1-2H3,(H2,18,19,21);1H. The van der Waals surface area contributed by atoms with Crippen LogP contribution in [0.1, 0.15) is 22.4 Å². The van der Waals surface area contributed by atoms with Crippen molar-refractivity contribution in [3.63, 3.8) is 0 Å². The van der Waals surface area contributed by atoms with Crippen molar-refractivity contribution in [3.8, 4) is 11.5 Å². The molecule has 136 valence electrons. The van der Waals surface area contributed by atoms with E-state index in [1.807, 2.05) is 24.4 Å². The van der Waals surface area contributed by atoms with E-state index in [1.54, 1.807) is 18.4 Å². The Kier molecular flexibility index (Phi) is 7.76. The third kappa shape index (κ3) is 5.46. The number of halogens is 1. The molecule has 0 bridgehead atoms. The number of aliphatic imine (C=N–C) groups is 1. The average Bonchev–Trinajstić information content (AvgIpc) is 3.26. The lowest BCUT2D eigenvalue weighted by Gasteiger charge is -2.11. The Labute approximate surface area is 169 Å². The summed E-state index contributed by atoms with van der Waals surface area (Å²) < 4.78 is 10.7. The predicted octanol–water partition coefficient (Wildman–Crippen LogP) is 2.96. The molecule has 1 aromatic carbocycles. The third-order valence-corrected chi connectivity index (χ3v) is 4.90. The van der Waals surface area contributed by atoms with Crippen molar-refractivity contribution >= 4 is 41.3 Å². The average molecular weight is 474 g/mol. The zero-order chi connectivity index (χ0) is 16.8. The van der Waals surface area contributed by atoms with Gasteiger partial charge < -0.3 is 20.1 Å². The number of fused-ring (bicyclic) bond motifs is 1. The molecule has 2 heterocycles. The highest BCUT2D eigenvalue weighted by Gasteiger charge is 2.13. The third-order valence-electron chi connectivity index (χ3n) is 3.70. The summed E-state index contributed by atoms with van der Waals surface area (Å²) in [5.41, 5.74) is 1.12. The van der Waals surface area contributed by atoms with Crippen LogP contribution >= 0.6 is 35.3 Å². The minimum Gasteiger partial charge on any atom is -0.454 e. The minimum absolute atomic E-state index is 0. The van der Waals surface area contributed by atoms with E-state index in [4.69, 9.17) is 9.47 Å². The highest BCUT2D eigenvalue weighted by atomic mass is 127. The lowest BCUT2D eigenvalue weighted by Crippen LogP contribution is -2.37. The van der Waals surface area contributed by atoms with E-state index in [1.165, 1.54) is 4.88 Å². The summed E-state index contributed by atoms with van der Waals surface area (Å²) in [6.07, 6.45) is 3.91. The van der Waals surface area contributed by atoms with Crippen LogP contribution in [0.5, 0.6) is 11.5 Å². The molecule has 0 fully saturated rings. The van der Waals surface area contributed by atoms with Gasteiger partial charge in [0.1, 0.15) is 0 Å². The van der Waals surface area contributed by atoms with Gasteiger partial charge in [-0.15, -0.1) is 35.3 Å². The number of ether oxygens (including phenoxy) is 2. The van der Waals surface area contributed by atoms with Crippen molar-refractivity contribution < 1.29 is 9.47 Å². The largest absolute Gasteiger partial charge is 0.454 e. The highest BCUT2D eigenvalue weighted by molar-refractivity contribution is 14.0. The van der Waals surface area contributed by atoms with Crippen LogP contribution in [-0.2, 0) is 19.4 Å². The summed E-state index contributed by atoms with van der Waals surface area (Å²) in [6, 6.07) is 5.95. The molecule has 0 saturated carbocycles. The zero-order valence-electron chi connectivity index (χ0n) is 14.4. The van der Waals surface area contributed by atoms with Gasteiger partial charge in [0.2, 0.25) is 6.79 Å². The minimum atomic E-state index is 0. The van der Waals surface area contributed by atoms with E-state index in [0.29, 0.717) is 13.3 Å². The summed E-state index contributed by atoms with van der Waals surface area (Å²) in [5, 5.41) is 7.78. The maximum Gasteiger partial charge on any atom is 0.231 e. The summed E-state index contributed by atoms with van der Waals surface area (Å²) >= 11 is 1.78. The van der Waals surface area contributed by atoms with E-state index >= 15 is 0 Å². The Balaban J connectivity index is 0.00000225. The van der Waals surface area contributed by atoms with Gasteiger partial charge in [-0.05, 0) is 24.1 Å². The SMILES string of the molecule is CCc1cnc(CCNC(=NC)NCc2ccc3c(c2)OCO3)s1.I. The van der Waals surface area contributed by atoms with E-state index in [-0.39, 0.29) is 24.0 Å². The van der Waals surface area contributed by atoms with Crippen molar-refractivity contribution in [3.05, 3.63) is 39.8 Å². The van der Waals surface area contributed by atoms with Crippen molar-refractivity contribution in [1.82, 2.24) is 15.6 Å². The quantitative estimate of drug-likeness (QED) is 0.383. The second-order valence-corrected chi connectivity index (χ2v) is 6.56. The molecule has 2 N–H and O–H groups in total. The summed E-state index contributed by atoms with van der Waals surface area (Å²) in [6.45, 7) is 3.93. The molecule has 0 radical (unpaired) electrons. The fourth-order valence-electron chi connectivity index (χ4n) is 2.37. The first-order chi connectivity index (χ1) is 11.8. The monoisotopic (exact) mass is 474 g/mol. The van der Waals surface area contributed by atoms with Gasteiger partial charge in [0.05, 0.1) is 5.01 Å². The van der Waals surface area contributed by atoms with Crippen LogP contribution in [-0.4, -0.2) is 31.3 Å². The zero-order valence-corrected chi connectivity index (χ0v) is 17.5. The molecular formula is C17H23IN4O2S. The molecular weight excluding hydrogens is 451 g/mol. The number of rotatable bonds is 6. The van der Waals surface area contributed by atoms with Gasteiger partial charge >= 0.3 is 0 Å². The number of nitrogens with zero attached hydrogens (tertiary/aromatic N) is 2. The summed E-state index contributed by atoms with van der Waals surface area (Å²) in [5.74, 6) is 2.38. The number of aryl methyl sites for hydroxylation is 1. The van der Waals surface area contributed by atoms with Crippen LogP contribution in [0, 0.1) is 0 Å². The van der Waals surface area contributed by atoms with Gasteiger partial charge in [-0.25, -0.2) is 4.98 Å². The smallest absolute Gasteiger partial charge is 0.231 e. The topological polar surface area (TPSA) is 67.8 Å². The van der Waals surface area contributed by atoms with Gasteiger partial charge in [0, 0.05) is 37.6 Å². The van der Waals surface area contributed by atoms with Gasteiger partial charge in [-0.1, -0.05) is 13.0 Å². The predicted molar refractivity (Wildman–Crippen MR) is 111 cm³/mol. The van der Waals surface area contributed by atoms with Crippen molar-refractivity contribution in [2.45, 2.75) is 26.3 Å². The highest BCUT2D eigenvalue weighted by Crippen LogP contribution is 2.32. The number of aromatic nitrogens is 1. The molecule has 1 aliphatic heterocycles. The first-order valence-corrected chi connectivity index (χ1v) is 8.86. The number of benzene rings is 1. The molecule has 0 amide bonds.